The minimum Gasteiger partial charge on any atom is -1.00 e. The maximum Gasteiger partial charge on any atom is 0.323 e. The van der Waals surface area contributed by atoms with E-state index in [1.807, 2.05) is 24.3 Å². The summed E-state index contributed by atoms with van der Waals surface area (Å²) in [6, 6.07) is 15.5. The molecule has 31 heavy (non-hydrogen) atoms. The molecule has 0 bridgehead atoms. The Hall–Kier alpha value is -3.16. The molecule has 0 aliphatic heterocycles. The average molecular weight is 463 g/mol. The topological polar surface area (TPSA) is 79.1 Å². The zero-order chi connectivity index (χ0) is 21.1. The first-order chi connectivity index (χ1) is 14.5. The quantitative estimate of drug-likeness (QED) is 0.391. The Morgan fingerprint density at radius 2 is 1.84 bits per heavy atom. The number of hydrogen-bond acceptors (Lipinski definition) is 4. The molecule has 0 atom stereocenters. The normalized spacial score (nSPS) is 10.5. The third-order valence-electron chi connectivity index (χ3n) is 4.63. The Balaban J connectivity index is 0.00000272. The van der Waals surface area contributed by atoms with Gasteiger partial charge in [0.05, 0.1) is 23.2 Å². The molecule has 0 spiro atoms. The molecule has 4 aromatic rings. The first kappa shape index (κ1) is 22.5. The number of rotatable bonds is 7. The number of nitrogens with one attached hydrogen (secondary N) is 3. The zero-order valence-electron chi connectivity index (χ0n) is 16.5. The maximum absolute atomic E-state index is 13.8. The van der Waals surface area contributed by atoms with Gasteiger partial charge < -0.3 is 37.2 Å². The summed E-state index contributed by atoms with van der Waals surface area (Å²) in [6.45, 7) is 0.513. The molecule has 0 amide bonds. The Kier molecular flexibility index (Phi) is 7.09. The van der Waals surface area contributed by atoms with Gasteiger partial charge in [-0.05, 0) is 42.0 Å². The molecule has 3 aromatic carbocycles. The van der Waals surface area contributed by atoms with Crippen molar-refractivity contribution in [2.45, 2.75) is 13.2 Å². The van der Waals surface area contributed by atoms with Gasteiger partial charge in [0.1, 0.15) is 12.4 Å². The fraction of sp³-hybridized carbons (Fsp3) is 0.136. The molecule has 9 heteroatoms. The summed E-state index contributed by atoms with van der Waals surface area (Å²) in [6.07, 6.45) is 0. The van der Waals surface area contributed by atoms with E-state index < -0.39 is 0 Å². The first-order valence-electron chi connectivity index (χ1n) is 9.22. The van der Waals surface area contributed by atoms with Crippen molar-refractivity contribution in [2.24, 2.45) is 0 Å². The summed E-state index contributed by atoms with van der Waals surface area (Å²) < 4.78 is 25.0. The lowest BCUT2D eigenvalue weighted by molar-refractivity contribution is -0.00000725. The van der Waals surface area contributed by atoms with Crippen molar-refractivity contribution in [1.29, 1.82) is 0 Å². The van der Waals surface area contributed by atoms with Gasteiger partial charge in [0, 0.05) is 17.8 Å². The molecule has 162 valence electrons. The first-order valence-corrected chi connectivity index (χ1v) is 9.60. The van der Waals surface area contributed by atoms with E-state index in [4.69, 9.17) is 21.1 Å². The van der Waals surface area contributed by atoms with E-state index in [-0.39, 0.29) is 30.5 Å². The minimum absolute atomic E-state index is 0. The van der Waals surface area contributed by atoms with Gasteiger partial charge in [0.2, 0.25) is 0 Å². The van der Waals surface area contributed by atoms with E-state index in [1.54, 1.807) is 24.3 Å². The number of fused-ring (bicyclic) bond motifs is 1. The number of aromatic amines is 2. The summed E-state index contributed by atoms with van der Waals surface area (Å²) >= 11 is 6.41. The van der Waals surface area contributed by atoms with Crippen molar-refractivity contribution in [2.75, 3.05) is 12.4 Å². The number of H-pyrrole nitrogens is 2. The Labute approximate surface area is 188 Å². The molecule has 1 heterocycles. The lowest BCUT2D eigenvalue weighted by Gasteiger charge is -2.15. The number of hydrogen-bond donors (Lipinski definition) is 3. The van der Waals surface area contributed by atoms with Crippen LogP contribution < -0.4 is 32.9 Å². The van der Waals surface area contributed by atoms with Crippen molar-refractivity contribution in [1.82, 2.24) is 9.97 Å². The number of aromatic nitrogens is 2. The van der Waals surface area contributed by atoms with Crippen LogP contribution in [-0.4, -0.2) is 17.1 Å². The zero-order valence-corrected chi connectivity index (χ0v) is 18.0. The van der Waals surface area contributed by atoms with Crippen molar-refractivity contribution in [3.8, 4) is 11.5 Å². The van der Waals surface area contributed by atoms with Crippen LogP contribution in [0, 0.1) is 5.82 Å². The molecule has 0 saturated heterocycles. The highest BCUT2D eigenvalue weighted by molar-refractivity contribution is 6.32. The Morgan fingerprint density at radius 3 is 2.61 bits per heavy atom. The van der Waals surface area contributed by atoms with Crippen LogP contribution in [-0.2, 0) is 13.2 Å². The van der Waals surface area contributed by atoms with Gasteiger partial charge in [0.25, 0.3) is 0 Å². The van der Waals surface area contributed by atoms with Gasteiger partial charge in [-0.15, -0.1) is 0 Å². The van der Waals surface area contributed by atoms with Crippen LogP contribution in [0.5, 0.6) is 11.5 Å². The number of ether oxygens (including phenoxy) is 2. The molecule has 3 N–H and O–H groups in total. The third kappa shape index (κ3) is 5.13. The lowest BCUT2D eigenvalue weighted by Crippen LogP contribution is -3.00. The largest absolute Gasteiger partial charge is 1.00 e. The fourth-order valence-electron chi connectivity index (χ4n) is 3.13. The van der Waals surface area contributed by atoms with Crippen molar-refractivity contribution in [3.63, 3.8) is 0 Å². The van der Waals surface area contributed by atoms with Crippen LogP contribution in [0.15, 0.2) is 59.4 Å². The number of halogens is 3. The van der Waals surface area contributed by atoms with Crippen molar-refractivity contribution in [3.05, 3.63) is 87.0 Å². The molecule has 0 aliphatic carbocycles. The van der Waals surface area contributed by atoms with Crippen LogP contribution in [0.3, 0.4) is 0 Å². The van der Waals surface area contributed by atoms with E-state index in [1.165, 1.54) is 13.2 Å². The molecule has 1 aromatic heterocycles. The second-order valence-corrected chi connectivity index (χ2v) is 7.09. The molecule has 0 unspecified atom stereocenters. The molecule has 0 radical (unpaired) electrons. The van der Waals surface area contributed by atoms with Gasteiger partial charge in [-0.1, -0.05) is 29.8 Å². The molecule has 6 nitrogen and oxygen atoms in total. The summed E-state index contributed by atoms with van der Waals surface area (Å²) in [5.41, 5.74) is 3.36. The van der Waals surface area contributed by atoms with Crippen LogP contribution >= 0.6 is 11.6 Å². The summed E-state index contributed by atoms with van der Waals surface area (Å²) in [7, 11) is 1.52. The number of imidazole rings is 1. The predicted octanol–water partition coefficient (Wildman–Crippen LogP) is 1.85. The van der Waals surface area contributed by atoms with Crippen LogP contribution in [0.4, 0.5) is 10.1 Å². The highest BCUT2D eigenvalue weighted by Gasteiger charge is 2.13. The van der Waals surface area contributed by atoms with E-state index >= 15 is 0 Å². The van der Waals surface area contributed by atoms with Crippen molar-refractivity contribution < 1.29 is 26.3 Å². The Morgan fingerprint density at radius 1 is 1.06 bits per heavy atom. The standard InChI is InChI=1S/C22H19ClFN3O3.ClH/c1-29-20-9-13(11-25-15-6-7-18-19(10-15)27-22(28)26-18)8-16(23)21(20)30-12-14-4-2-3-5-17(14)24;/h2-10,25H,11-12H2,1H3,(H2,26,27,28);1H/p-1. The predicted molar refractivity (Wildman–Crippen MR) is 115 cm³/mol. The lowest BCUT2D eigenvalue weighted by atomic mass is 10.2. The number of anilines is 1. The van der Waals surface area contributed by atoms with Gasteiger partial charge in [-0.3, -0.25) is 0 Å². The second-order valence-electron chi connectivity index (χ2n) is 6.68. The van der Waals surface area contributed by atoms with Gasteiger partial charge >= 0.3 is 5.69 Å². The second kappa shape index (κ2) is 9.76. The van der Waals surface area contributed by atoms with E-state index in [0.29, 0.717) is 28.6 Å². The fourth-order valence-corrected chi connectivity index (χ4v) is 3.42. The van der Waals surface area contributed by atoms with E-state index in [0.717, 1.165) is 22.3 Å². The summed E-state index contributed by atoms with van der Waals surface area (Å²) in [4.78, 5) is 16.8. The highest BCUT2D eigenvalue weighted by Crippen LogP contribution is 2.37. The van der Waals surface area contributed by atoms with E-state index in [9.17, 15) is 9.18 Å². The molecule has 4 rings (SSSR count). The van der Waals surface area contributed by atoms with Gasteiger partial charge in [0.15, 0.2) is 11.5 Å². The number of benzene rings is 3. The van der Waals surface area contributed by atoms with Crippen molar-refractivity contribution >= 4 is 28.3 Å². The SMILES string of the molecule is COc1cc(CNc2ccc3[nH]c(=O)[nH]c3c2)cc(Cl)c1OCc1ccccc1F.[Cl-]. The summed E-state index contributed by atoms with van der Waals surface area (Å²) in [5, 5.41) is 3.65. The maximum atomic E-state index is 13.8. The minimum atomic E-state index is -0.339. The highest BCUT2D eigenvalue weighted by atomic mass is 35.5. The molecule has 0 saturated carbocycles. The van der Waals surface area contributed by atoms with Crippen LogP contribution in [0.2, 0.25) is 5.02 Å². The van der Waals surface area contributed by atoms with Gasteiger partial charge in [-0.25, -0.2) is 9.18 Å². The molecule has 0 aliphatic rings. The average Bonchev–Trinajstić information content (AvgIpc) is 3.11. The monoisotopic (exact) mass is 462 g/mol. The summed E-state index contributed by atoms with van der Waals surface area (Å²) in [5.74, 6) is 0.479. The smallest absolute Gasteiger partial charge is 0.323 e. The molecule has 0 fully saturated rings. The Bertz CT molecular complexity index is 1260. The third-order valence-corrected chi connectivity index (χ3v) is 4.91. The van der Waals surface area contributed by atoms with Crippen LogP contribution in [0.25, 0.3) is 11.0 Å². The number of methoxy groups -OCH3 is 1. The molecular formula is C22H19Cl2FN3O3-. The van der Waals surface area contributed by atoms with Gasteiger partial charge in [-0.2, -0.15) is 0 Å². The van der Waals surface area contributed by atoms with E-state index in [2.05, 4.69) is 15.3 Å². The van der Waals surface area contributed by atoms with Crippen LogP contribution in [0.1, 0.15) is 11.1 Å². The molecular weight excluding hydrogens is 444 g/mol.